The topological polar surface area (TPSA) is 29.5 Å². The van der Waals surface area contributed by atoms with Crippen LogP contribution < -0.4 is 0 Å². The maximum atomic E-state index is 10.0. The summed E-state index contributed by atoms with van der Waals surface area (Å²) in [5.74, 6) is 0.456. The van der Waals surface area contributed by atoms with Gasteiger partial charge in [-0.2, -0.15) is 11.3 Å². The van der Waals surface area contributed by atoms with Crippen molar-refractivity contribution in [2.75, 3.05) is 13.2 Å². The second-order valence-electron chi connectivity index (χ2n) is 4.19. The standard InChI is InChI=1S/C12H18O2S/c13-12(11-3-6-14-7-4-11)2-1-10-5-8-15-9-10/h5,8-9,11-13H,1-4,6-7H2. The van der Waals surface area contributed by atoms with Crippen LogP contribution >= 0.6 is 11.3 Å². The van der Waals surface area contributed by atoms with Gasteiger partial charge in [0, 0.05) is 13.2 Å². The van der Waals surface area contributed by atoms with E-state index < -0.39 is 0 Å². The molecule has 0 aromatic carbocycles. The molecule has 1 saturated heterocycles. The van der Waals surface area contributed by atoms with Crippen molar-refractivity contribution in [2.45, 2.75) is 31.8 Å². The van der Waals surface area contributed by atoms with Crippen LogP contribution in [0.25, 0.3) is 0 Å². The Morgan fingerprint density at radius 1 is 1.47 bits per heavy atom. The summed E-state index contributed by atoms with van der Waals surface area (Å²) in [6, 6.07) is 2.14. The van der Waals surface area contributed by atoms with E-state index in [1.807, 2.05) is 0 Å². The van der Waals surface area contributed by atoms with Gasteiger partial charge in [0.15, 0.2) is 0 Å². The third-order valence-corrected chi connectivity index (χ3v) is 3.85. The molecule has 3 heteroatoms. The molecule has 1 atom stereocenters. The highest BCUT2D eigenvalue weighted by molar-refractivity contribution is 7.07. The molecule has 1 aromatic heterocycles. The molecule has 1 aliphatic rings. The van der Waals surface area contributed by atoms with E-state index in [1.165, 1.54) is 5.56 Å². The zero-order chi connectivity index (χ0) is 10.5. The predicted molar refractivity (Wildman–Crippen MR) is 62.2 cm³/mol. The molecule has 1 aromatic rings. The van der Waals surface area contributed by atoms with Gasteiger partial charge in [-0.05, 0) is 54.0 Å². The molecule has 0 bridgehead atoms. The lowest BCUT2D eigenvalue weighted by Crippen LogP contribution is -2.27. The van der Waals surface area contributed by atoms with Gasteiger partial charge in [-0.25, -0.2) is 0 Å². The zero-order valence-electron chi connectivity index (χ0n) is 8.89. The number of hydrogen-bond acceptors (Lipinski definition) is 3. The Morgan fingerprint density at radius 3 is 2.93 bits per heavy atom. The maximum Gasteiger partial charge on any atom is 0.0573 e. The Labute approximate surface area is 94.9 Å². The number of thiophene rings is 1. The lowest BCUT2D eigenvalue weighted by atomic mass is 9.90. The first-order valence-corrected chi connectivity index (χ1v) is 6.57. The lowest BCUT2D eigenvalue weighted by molar-refractivity contribution is 0.00517. The van der Waals surface area contributed by atoms with Crippen molar-refractivity contribution in [1.82, 2.24) is 0 Å². The molecule has 0 spiro atoms. The molecular weight excluding hydrogens is 208 g/mol. The molecule has 84 valence electrons. The summed E-state index contributed by atoms with van der Waals surface area (Å²) in [5, 5.41) is 14.3. The number of aliphatic hydroxyl groups is 1. The van der Waals surface area contributed by atoms with Crippen molar-refractivity contribution in [2.24, 2.45) is 5.92 Å². The van der Waals surface area contributed by atoms with Gasteiger partial charge >= 0.3 is 0 Å². The summed E-state index contributed by atoms with van der Waals surface area (Å²) in [4.78, 5) is 0. The minimum atomic E-state index is -0.145. The van der Waals surface area contributed by atoms with Crippen molar-refractivity contribution in [3.63, 3.8) is 0 Å². The molecule has 1 fully saturated rings. The fourth-order valence-electron chi connectivity index (χ4n) is 2.09. The van der Waals surface area contributed by atoms with Crippen LogP contribution in [0.3, 0.4) is 0 Å². The van der Waals surface area contributed by atoms with E-state index >= 15 is 0 Å². The molecule has 1 N–H and O–H groups in total. The van der Waals surface area contributed by atoms with E-state index in [1.54, 1.807) is 11.3 Å². The first-order valence-electron chi connectivity index (χ1n) is 5.63. The van der Waals surface area contributed by atoms with Crippen LogP contribution in [0.4, 0.5) is 0 Å². The third-order valence-electron chi connectivity index (χ3n) is 3.12. The summed E-state index contributed by atoms with van der Waals surface area (Å²) in [7, 11) is 0. The fourth-order valence-corrected chi connectivity index (χ4v) is 2.79. The average Bonchev–Trinajstić information content (AvgIpc) is 2.80. The molecular formula is C12H18O2S. The van der Waals surface area contributed by atoms with Gasteiger partial charge in [0.05, 0.1) is 6.10 Å². The van der Waals surface area contributed by atoms with Gasteiger partial charge in [0.1, 0.15) is 0 Å². The second-order valence-corrected chi connectivity index (χ2v) is 4.97. The Balaban J connectivity index is 1.74. The van der Waals surface area contributed by atoms with E-state index in [-0.39, 0.29) is 6.10 Å². The molecule has 0 amide bonds. The molecule has 2 rings (SSSR count). The van der Waals surface area contributed by atoms with Gasteiger partial charge in [0.2, 0.25) is 0 Å². The minimum absolute atomic E-state index is 0.145. The van der Waals surface area contributed by atoms with Crippen LogP contribution in [0.2, 0.25) is 0 Å². The van der Waals surface area contributed by atoms with Crippen molar-refractivity contribution >= 4 is 11.3 Å². The number of ether oxygens (including phenoxy) is 1. The van der Waals surface area contributed by atoms with Crippen LogP contribution in [-0.2, 0) is 11.2 Å². The van der Waals surface area contributed by atoms with E-state index in [2.05, 4.69) is 16.8 Å². The van der Waals surface area contributed by atoms with Crippen molar-refractivity contribution in [1.29, 1.82) is 0 Å². The highest BCUT2D eigenvalue weighted by Crippen LogP contribution is 2.22. The van der Waals surface area contributed by atoms with Gasteiger partial charge in [0.25, 0.3) is 0 Å². The van der Waals surface area contributed by atoms with Gasteiger partial charge in [-0.3, -0.25) is 0 Å². The van der Waals surface area contributed by atoms with Crippen LogP contribution in [-0.4, -0.2) is 24.4 Å². The normalized spacial score (nSPS) is 20.3. The molecule has 0 aliphatic carbocycles. The minimum Gasteiger partial charge on any atom is -0.393 e. The van der Waals surface area contributed by atoms with Crippen LogP contribution in [0.1, 0.15) is 24.8 Å². The van der Waals surface area contributed by atoms with Gasteiger partial charge in [-0.15, -0.1) is 0 Å². The van der Waals surface area contributed by atoms with E-state index in [9.17, 15) is 5.11 Å². The Morgan fingerprint density at radius 2 is 2.27 bits per heavy atom. The highest BCUT2D eigenvalue weighted by atomic mass is 32.1. The molecule has 0 radical (unpaired) electrons. The summed E-state index contributed by atoms with van der Waals surface area (Å²) >= 11 is 1.73. The number of aliphatic hydroxyl groups excluding tert-OH is 1. The molecule has 2 nitrogen and oxygen atoms in total. The molecule has 1 unspecified atom stereocenters. The summed E-state index contributed by atoms with van der Waals surface area (Å²) < 4.78 is 5.29. The average molecular weight is 226 g/mol. The Kier molecular flexibility index (Phi) is 4.18. The van der Waals surface area contributed by atoms with E-state index in [4.69, 9.17) is 4.74 Å². The Bertz CT molecular complexity index is 265. The highest BCUT2D eigenvalue weighted by Gasteiger charge is 2.21. The van der Waals surface area contributed by atoms with Gasteiger partial charge < -0.3 is 9.84 Å². The summed E-state index contributed by atoms with van der Waals surface area (Å²) in [5.41, 5.74) is 1.35. The quantitative estimate of drug-likeness (QED) is 0.854. The van der Waals surface area contributed by atoms with E-state index in [0.29, 0.717) is 5.92 Å². The first kappa shape index (κ1) is 11.1. The molecule has 1 aliphatic heterocycles. The first-order chi connectivity index (χ1) is 7.36. The lowest BCUT2D eigenvalue weighted by Gasteiger charge is -2.26. The fraction of sp³-hybridized carbons (Fsp3) is 0.667. The number of aryl methyl sites for hydroxylation is 1. The summed E-state index contributed by atoms with van der Waals surface area (Å²) in [6.45, 7) is 1.64. The number of hydrogen-bond donors (Lipinski definition) is 1. The maximum absolute atomic E-state index is 10.0. The zero-order valence-corrected chi connectivity index (χ0v) is 9.71. The SMILES string of the molecule is OC(CCc1ccsc1)C1CCOCC1. The van der Waals surface area contributed by atoms with E-state index in [0.717, 1.165) is 38.9 Å². The molecule has 15 heavy (non-hydrogen) atoms. The molecule has 0 saturated carbocycles. The largest absolute Gasteiger partial charge is 0.393 e. The van der Waals surface area contributed by atoms with Crippen molar-refractivity contribution in [3.05, 3.63) is 22.4 Å². The third kappa shape index (κ3) is 3.30. The van der Waals surface area contributed by atoms with Crippen molar-refractivity contribution < 1.29 is 9.84 Å². The van der Waals surface area contributed by atoms with Crippen LogP contribution in [0.5, 0.6) is 0 Å². The smallest absolute Gasteiger partial charge is 0.0573 e. The van der Waals surface area contributed by atoms with Crippen LogP contribution in [0.15, 0.2) is 16.8 Å². The Hall–Kier alpha value is -0.380. The monoisotopic (exact) mass is 226 g/mol. The second kappa shape index (κ2) is 5.64. The van der Waals surface area contributed by atoms with Crippen molar-refractivity contribution in [3.8, 4) is 0 Å². The predicted octanol–water partition coefficient (Wildman–Crippen LogP) is 2.47. The molecule has 2 heterocycles. The van der Waals surface area contributed by atoms with Gasteiger partial charge in [-0.1, -0.05) is 0 Å². The number of rotatable bonds is 4. The summed E-state index contributed by atoms with van der Waals surface area (Å²) in [6.07, 6.45) is 3.78. The van der Waals surface area contributed by atoms with Crippen LogP contribution in [0, 0.1) is 5.92 Å².